The summed E-state index contributed by atoms with van der Waals surface area (Å²) < 4.78 is 13.0. The van der Waals surface area contributed by atoms with Crippen molar-refractivity contribution in [2.75, 3.05) is 18.9 Å². The van der Waals surface area contributed by atoms with Crippen LogP contribution in [0, 0.1) is 0 Å². The lowest BCUT2D eigenvalue weighted by molar-refractivity contribution is -0.121. The maximum absolute atomic E-state index is 12.2. The summed E-state index contributed by atoms with van der Waals surface area (Å²) >= 11 is 0. The van der Waals surface area contributed by atoms with Gasteiger partial charge in [-0.05, 0) is 19.1 Å². The van der Waals surface area contributed by atoms with Crippen LogP contribution >= 0.6 is 0 Å². The number of nitrogens with zero attached hydrogens (tertiary/aromatic N) is 3. The van der Waals surface area contributed by atoms with Crippen molar-refractivity contribution in [3.8, 4) is 5.75 Å². The molecule has 3 heterocycles. The maximum Gasteiger partial charge on any atom is 0.189 e. The van der Waals surface area contributed by atoms with Crippen molar-refractivity contribution in [1.82, 2.24) is 14.5 Å². The second-order valence-electron chi connectivity index (χ2n) is 5.42. The van der Waals surface area contributed by atoms with Crippen LogP contribution in [0.4, 0.5) is 5.82 Å². The van der Waals surface area contributed by atoms with Gasteiger partial charge >= 0.3 is 0 Å². The Morgan fingerprint density at radius 1 is 1.39 bits per heavy atom. The summed E-state index contributed by atoms with van der Waals surface area (Å²) in [5.74, 6) is 1.61. The molecule has 7 heteroatoms. The van der Waals surface area contributed by atoms with Gasteiger partial charge in [0, 0.05) is 6.61 Å². The highest BCUT2D eigenvalue weighted by atomic mass is 16.5. The first-order valence-electron chi connectivity index (χ1n) is 7.48. The molecule has 7 nitrogen and oxygen atoms in total. The van der Waals surface area contributed by atoms with Crippen molar-refractivity contribution in [3.05, 3.63) is 24.0 Å². The van der Waals surface area contributed by atoms with E-state index in [0.29, 0.717) is 36.1 Å². The number of carbonyl (C=O) groups excluding carboxylic acids is 1. The molecule has 2 aromatic heterocycles. The first-order chi connectivity index (χ1) is 11.2. The van der Waals surface area contributed by atoms with Crippen LogP contribution in [0.25, 0.3) is 21.9 Å². The minimum absolute atomic E-state index is 0.0245. The van der Waals surface area contributed by atoms with E-state index in [9.17, 15) is 4.79 Å². The summed E-state index contributed by atoms with van der Waals surface area (Å²) in [6.45, 7) is 3.02. The molecule has 0 saturated heterocycles. The number of Topliss-reactive ketones (excluding diaryl/α,β-unsaturated/α-hetero) is 1. The van der Waals surface area contributed by atoms with Crippen molar-refractivity contribution in [2.24, 2.45) is 0 Å². The number of imidazole rings is 1. The van der Waals surface area contributed by atoms with E-state index < -0.39 is 0 Å². The summed E-state index contributed by atoms with van der Waals surface area (Å²) in [4.78, 5) is 21.1. The zero-order valence-electron chi connectivity index (χ0n) is 12.7. The smallest absolute Gasteiger partial charge is 0.189 e. The molecule has 2 N–H and O–H groups in total. The summed E-state index contributed by atoms with van der Waals surface area (Å²) in [6.07, 6.45) is 0. The second-order valence-corrected chi connectivity index (χ2v) is 5.42. The molecule has 0 radical (unpaired) electrons. The Labute approximate surface area is 132 Å². The van der Waals surface area contributed by atoms with Gasteiger partial charge in [-0.2, -0.15) is 0 Å². The SMILES string of the molecule is CCOCc1nc2c(N)nc3cccc4c3c2n1CC(=O)CO4. The molecule has 118 valence electrons. The van der Waals surface area contributed by atoms with Gasteiger partial charge in [-0.15, -0.1) is 0 Å². The molecular weight excluding hydrogens is 296 g/mol. The number of benzene rings is 1. The average Bonchev–Trinajstić information content (AvgIpc) is 2.88. The maximum atomic E-state index is 12.2. The Bertz CT molecular complexity index is 932. The number of pyridine rings is 1. The number of anilines is 1. The van der Waals surface area contributed by atoms with Gasteiger partial charge in [0.15, 0.2) is 11.6 Å². The minimum Gasteiger partial charge on any atom is -0.485 e. The fourth-order valence-corrected chi connectivity index (χ4v) is 2.94. The van der Waals surface area contributed by atoms with Crippen LogP contribution in [0.2, 0.25) is 0 Å². The molecule has 4 rings (SSSR count). The minimum atomic E-state index is -0.0277. The number of aromatic nitrogens is 3. The summed E-state index contributed by atoms with van der Waals surface area (Å²) in [5.41, 5.74) is 8.17. The summed E-state index contributed by atoms with van der Waals surface area (Å²) in [7, 11) is 0. The van der Waals surface area contributed by atoms with Gasteiger partial charge in [-0.25, -0.2) is 9.97 Å². The number of rotatable bonds is 3. The Kier molecular flexibility index (Phi) is 3.16. The lowest BCUT2D eigenvalue weighted by Gasteiger charge is -2.16. The van der Waals surface area contributed by atoms with E-state index in [1.807, 2.05) is 29.7 Å². The van der Waals surface area contributed by atoms with Crippen LogP contribution in [0.3, 0.4) is 0 Å². The zero-order chi connectivity index (χ0) is 16.0. The fourth-order valence-electron chi connectivity index (χ4n) is 2.94. The molecule has 0 saturated carbocycles. The highest BCUT2D eigenvalue weighted by Gasteiger charge is 2.23. The number of hydrogen-bond donors (Lipinski definition) is 1. The third-order valence-corrected chi connectivity index (χ3v) is 3.93. The standard InChI is InChI=1S/C16H16N4O3/c1-2-22-8-12-19-14-15-13-10(18-16(14)17)4-3-5-11(13)23-7-9(21)6-20(12)15/h3-5H,2,6-8H2,1H3,(H2,17,18). The number of hydrogen-bond acceptors (Lipinski definition) is 6. The molecule has 1 aromatic carbocycles. The summed E-state index contributed by atoms with van der Waals surface area (Å²) in [5, 5.41) is 0.833. The molecular formula is C16H16N4O3. The van der Waals surface area contributed by atoms with Crippen molar-refractivity contribution >= 4 is 33.5 Å². The molecule has 0 atom stereocenters. The molecule has 1 aliphatic rings. The summed E-state index contributed by atoms with van der Waals surface area (Å²) in [6, 6.07) is 5.54. The first-order valence-corrected chi connectivity index (χ1v) is 7.48. The largest absolute Gasteiger partial charge is 0.485 e. The molecule has 0 fully saturated rings. The van der Waals surface area contributed by atoms with Crippen LogP contribution in [-0.4, -0.2) is 33.5 Å². The Morgan fingerprint density at radius 2 is 2.26 bits per heavy atom. The van der Waals surface area contributed by atoms with Crippen molar-refractivity contribution in [1.29, 1.82) is 0 Å². The van der Waals surface area contributed by atoms with E-state index in [-0.39, 0.29) is 18.9 Å². The number of nitrogen functional groups attached to an aromatic ring is 1. The number of ether oxygens (including phenoxy) is 2. The lowest BCUT2D eigenvalue weighted by atomic mass is 10.1. The van der Waals surface area contributed by atoms with Crippen molar-refractivity contribution in [2.45, 2.75) is 20.1 Å². The lowest BCUT2D eigenvalue weighted by Crippen LogP contribution is -2.21. The van der Waals surface area contributed by atoms with E-state index in [4.69, 9.17) is 15.2 Å². The van der Waals surface area contributed by atoms with Crippen molar-refractivity contribution < 1.29 is 14.3 Å². The molecule has 0 aliphatic carbocycles. The van der Waals surface area contributed by atoms with Crippen LogP contribution in [0.5, 0.6) is 5.75 Å². The van der Waals surface area contributed by atoms with Crippen LogP contribution < -0.4 is 10.5 Å². The van der Waals surface area contributed by atoms with Gasteiger partial charge in [-0.1, -0.05) is 6.07 Å². The van der Waals surface area contributed by atoms with Gasteiger partial charge in [0.25, 0.3) is 0 Å². The Balaban J connectivity index is 2.12. The van der Waals surface area contributed by atoms with Gasteiger partial charge in [-0.3, -0.25) is 4.79 Å². The van der Waals surface area contributed by atoms with E-state index in [0.717, 1.165) is 16.4 Å². The van der Waals surface area contributed by atoms with E-state index in [1.54, 1.807) is 0 Å². The number of carbonyl (C=O) groups is 1. The first kappa shape index (κ1) is 14.0. The predicted octanol–water partition coefficient (Wildman–Crippen LogP) is 1.66. The highest BCUT2D eigenvalue weighted by Crippen LogP contribution is 2.35. The third-order valence-electron chi connectivity index (χ3n) is 3.93. The second kappa shape index (κ2) is 5.20. The van der Waals surface area contributed by atoms with E-state index in [1.165, 1.54) is 0 Å². The monoisotopic (exact) mass is 312 g/mol. The normalized spacial score (nSPS) is 14.2. The van der Waals surface area contributed by atoms with Gasteiger partial charge in [0.2, 0.25) is 0 Å². The quantitative estimate of drug-likeness (QED) is 0.791. The number of nitrogens with two attached hydrogens (primary N) is 1. The van der Waals surface area contributed by atoms with Crippen LogP contribution in [-0.2, 0) is 22.7 Å². The average molecular weight is 312 g/mol. The molecule has 3 aromatic rings. The topological polar surface area (TPSA) is 92.3 Å². The van der Waals surface area contributed by atoms with E-state index >= 15 is 0 Å². The Morgan fingerprint density at radius 3 is 3.09 bits per heavy atom. The van der Waals surface area contributed by atoms with E-state index in [2.05, 4.69) is 9.97 Å². The third kappa shape index (κ3) is 2.12. The predicted molar refractivity (Wildman–Crippen MR) is 85.3 cm³/mol. The van der Waals surface area contributed by atoms with Crippen molar-refractivity contribution in [3.63, 3.8) is 0 Å². The van der Waals surface area contributed by atoms with Gasteiger partial charge in [0.05, 0.1) is 23.0 Å². The molecule has 0 amide bonds. The Hall–Kier alpha value is -2.67. The molecule has 1 aliphatic heterocycles. The molecule has 0 bridgehead atoms. The highest BCUT2D eigenvalue weighted by molar-refractivity contribution is 6.10. The van der Waals surface area contributed by atoms with Crippen LogP contribution in [0.1, 0.15) is 12.7 Å². The van der Waals surface area contributed by atoms with Gasteiger partial charge < -0.3 is 19.8 Å². The van der Waals surface area contributed by atoms with Crippen LogP contribution in [0.15, 0.2) is 18.2 Å². The molecule has 23 heavy (non-hydrogen) atoms. The fraction of sp³-hybridized carbons (Fsp3) is 0.312. The zero-order valence-corrected chi connectivity index (χ0v) is 12.7. The molecule has 0 spiro atoms. The van der Waals surface area contributed by atoms with Gasteiger partial charge in [0.1, 0.15) is 30.3 Å². The molecule has 0 unspecified atom stereocenters. The number of ketones is 1.